The zero-order valence-corrected chi connectivity index (χ0v) is 18.9. The zero-order valence-electron chi connectivity index (χ0n) is 18.9. The van der Waals surface area contributed by atoms with E-state index in [-0.39, 0.29) is 46.6 Å². The first-order valence-corrected chi connectivity index (χ1v) is 12.1. The van der Waals surface area contributed by atoms with Crippen molar-refractivity contribution < 1.29 is 24.5 Å². The molecule has 168 valence electrons. The van der Waals surface area contributed by atoms with Crippen LogP contribution in [-0.2, 0) is 14.3 Å². The molecule has 4 unspecified atom stereocenters. The molecule has 5 heteroatoms. The van der Waals surface area contributed by atoms with Gasteiger partial charge in [-0.05, 0) is 74.5 Å². The number of rotatable bonds is 2. The van der Waals surface area contributed by atoms with Gasteiger partial charge in [-0.15, -0.1) is 0 Å². The van der Waals surface area contributed by atoms with Crippen molar-refractivity contribution in [1.29, 1.82) is 0 Å². The van der Waals surface area contributed by atoms with Crippen LogP contribution in [0.3, 0.4) is 0 Å². The Morgan fingerprint density at radius 2 is 1.87 bits per heavy atom. The SMILES string of the molecule is CC(=O)[C@@H]1[C@@H](O)CC2C3CCC4C(C)(C)CCC[C@]4(CO)C3C[C@H]3OC(=O)[C@@H]1[C@]23C. The van der Waals surface area contributed by atoms with Gasteiger partial charge in [0.2, 0.25) is 0 Å². The molecule has 30 heavy (non-hydrogen) atoms. The number of hydrogen-bond donors (Lipinski definition) is 2. The van der Waals surface area contributed by atoms with Gasteiger partial charge >= 0.3 is 5.97 Å². The molecule has 0 radical (unpaired) electrons. The lowest BCUT2D eigenvalue weighted by atomic mass is 9.38. The highest BCUT2D eigenvalue weighted by Gasteiger charge is 2.72. The van der Waals surface area contributed by atoms with E-state index in [9.17, 15) is 19.8 Å². The van der Waals surface area contributed by atoms with E-state index in [1.54, 1.807) is 0 Å². The van der Waals surface area contributed by atoms with Gasteiger partial charge in [0.25, 0.3) is 0 Å². The maximum absolute atomic E-state index is 13.0. The average Bonchev–Trinajstić information content (AvgIpc) is 2.92. The number of ether oxygens (including phenoxy) is 1. The van der Waals surface area contributed by atoms with Crippen LogP contribution in [0.25, 0.3) is 0 Å². The Hall–Kier alpha value is -0.940. The van der Waals surface area contributed by atoms with Crippen LogP contribution in [0.5, 0.6) is 0 Å². The number of hydrogen-bond acceptors (Lipinski definition) is 5. The molecule has 1 heterocycles. The lowest BCUT2D eigenvalue weighted by Crippen LogP contribution is -2.65. The van der Waals surface area contributed by atoms with Gasteiger partial charge in [0.05, 0.1) is 17.9 Å². The van der Waals surface area contributed by atoms with Gasteiger partial charge in [-0.1, -0.05) is 27.2 Å². The first-order valence-electron chi connectivity index (χ1n) is 12.1. The first-order chi connectivity index (χ1) is 14.1. The summed E-state index contributed by atoms with van der Waals surface area (Å²) in [7, 11) is 0. The minimum Gasteiger partial charge on any atom is -0.461 e. The van der Waals surface area contributed by atoms with Crippen molar-refractivity contribution in [2.45, 2.75) is 84.8 Å². The van der Waals surface area contributed by atoms with Crippen LogP contribution in [0.1, 0.15) is 72.6 Å². The fourth-order valence-corrected chi connectivity index (χ4v) is 9.66. The Morgan fingerprint density at radius 1 is 1.13 bits per heavy atom. The highest BCUT2D eigenvalue weighted by Crippen LogP contribution is 2.71. The third-order valence-electron chi connectivity index (χ3n) is 10.8. The summed E-state index contributed by atoms with van der Waals surface area (Å²) >= 11 is 0. The van der Waals surface area contributed by atoms with Crippen molar-refractivity contribution in [3.63, 3.8) is 0 Å². The Balaban J connectivity index is 1.58. The third-order valence-corrected chi connectivity index (χ3v) is 10.8. The molecule has 5 aliphatic rings. The van der Waals surface area contributed by atoms with Gasteiger partial charge in [0.15, 0.2) is 0 Å². The highest BCUT2D eigenvalue weighted by atomic mass is 16.6. The van der Waals surface area contributed by atoms with E-state index in [1.807, 2.05) is 0 Å². The summed E-state index contributed by atoms with van der Waals surface area (Å²) in [4.78, 5) is 25.4. The second-order valence-electron chi connectivity index (χ2n) is 12.2. The summed E-state index contributed by atoms with van der Waals surface area (Å²) in [5.41, 5.74) is -0.284. The molecule has 1 saturated heterocycles. The fraction of sp³-hybridized carbons (Fsp3) is 0.920. The summed E-state index contributed by atoms with van der Waals surface area (Å²) in [6, 6.07) is 0. The van der Waals surface area contributed by atoms with Gasteiger partial charge in [-0.3, -0.25) is 9.59 Å². The molecule has 4 aliphatic carbocycles. The molecule has 2 N–H and O–H groups in total. The summed E-state index contributed by atoms with van der Waals surface area (Å²) in [6.45, 7) is 8.58. The van der Waals surface area contributed by atoms with Crippen molar-refractivity contribution in [2.75, 3.05) is 6.61 Å². The fourth-order valence-electron chi connectivity index (χ4n) is 9.66. The van der Waals surface area contributed by atoms with Crippen LogP contribution in [0.15, 0.2) is 0 Å². The number of carbonyl (C=O) groups excluding carboxylic acids is 2. The summed E-state index contributed by atoms with van der Waals surface area (Å²) in [6.07, 6.45) is 5.97. The van der Waals surface area contributed by atoms with E-state index in [0.29, 0.717) is 24.2 Å². The Labute approximate surface area is 179 Å². The topological polar surface area (TPSA) is 83.8 Å². The zero-order chi connectivity index (χ0) is 21.6. The van der Waals surface area contributed by atoms with Crippen LogP contribution < -0.4 is 0 Å². The quantitative estimate of drug-likeness (QED) is 0.672. The number of ketones is 1. The van der Waals surface area contributed by atoms with Crippen molar-refractivity contribution in [2.24, 2.45) is 51.8 Å². The molecule has 0 aromatic heterocycles. The van der Waals surface area contributed by atoms with Crippen LogP contribution >= 0.6 is 0 Å². The van der Waals surface area contributed by atoms with Gasteiger partial charge in [-0.25, -0.2) is 0 Å². The minimum atomic E-state index is -0.777. The molecule has 5 rings (SSSR count). The monoisotopic (exact) mass is 418 g/mol. The van der Waals surface area contributed by atoms with Crippen LogP contribution in [0.2, 0.25) is 0 Å². The standard InChI is InChI=1S/C25H38O5/c1-13(27)20-17(28)10-15-14-6-7-18-23(2,3)8-5-9-25(18,12-26)16(14)11-19-24(15,4)21(20)22(29)30-19/h14-21,26,28H,5-12H2,1-4H3/t14?,15?,16?,17-,18?,19+,20+,21+,24+,25-/m0/s1. The smallest absolute Gasteiger partial charge is 0.310 e. The van der Waals surface area contributed by atoms with Gasteiger partial charge in [0.1, 0.15) is 11.9 Å². The Morgan fingerprint density at radius 3 is 2.53 bits per heavy atom. The minimum absolute atomic E-state index is 0.100. The van der Waals surface area contributed by atoms with E-state index in [0.717, 1.165) is 32.1 Å². The van der Waals surface area contributed by atoms with E-state index in [2.05, 4.69) is 20.8 Å². The largest absolute Gasteiger partial charge is 0.461 e. The molecule has 0 aromatic rings. The number of esters is 1. The molecule has 1 aliphatic heterocycles. The molecule has 4 saturated carbocycles. The van der Waals surface area contributed by atoms with E-state index < -0.39 is 17.9 Å². The molecule has 5 nitrogen and oxygen atoms in total. The third kappa shape index (κ3) is 2.42. The van der Waals surface area contributed by atoms with Gasteiger partial charge < -0.3 is 14.9 Å². The van der Waals surface area contributed by atoms with Crippen LogP contribution in [-0.4, -0.2) is 40.8 Å². The summed E-state index contributed by atoms with van der Waals surface area (Å²) in [5, 5.41) is 21.8. The molecular formula is C25H38O5. The predicted octanol–water partition coefficient (Wildman–Crippen LogP) is 3.36. The van der Waals surface area contributed by atoms with Crippen molar-refractivity contribution in [3.05, 3.63) is 0 Å². The van der Waals surface area contributed by atoms with Gasteiger partial charge in [-0.2, -0.15) is 0 Å². The van der Waals surface area contributed by atoms with E-state index in [1.165, 1.54) is 13.3 Å². The number of carbonyl (C=O) groups is 2. The maximum atomic E-state index is 13.0. The number of Topliss-reactive ketones (excluding diaryl/α,β-unsaturated/α-hetero) is 1. The second-order valence-corrected chi connectivity index (χ2v) is 12.2. The normalized spacial score (nSPS) is 53.9. The highest BCUT2D eigenvalue weighted by molar-refractivity contribution is 5.88. The van der Waals surface area contributed by atoms with Gasteiger partial charge in [0, 0.05) is 17.4 Å². The van der Waals surface area contributed by atoms with Crippen molar-refractivity contribution in [3.8, 4) is 0 Å². The Bertz CT molecular complexity index is 761. The second kappa shape index (κ2) is 6.54. The van der Waals surface area contributed by atoms with Crippen LogP contribution in [0, 0.1) is 51.8 Å². The molecule has 10 atom stereocenters. The molecule has 0 aromatic carbocycles. The number of fused-ring (bicyclic) bond motifs is 4. The maximum Gasteiger partial charge on any atom is 0.310 e. The van der Waals surface area contributed by atoms with Crippen molar-refractivity contribution >= 4 is 11.8 Å². The first kappa shape index (κ1) is 20.9. The summed E-state index contributed by atoms with van der Waals surface area (Å²) in [5.74, 6) is -0.212. The van der Waals surface area contributed by atoms with E-state index in [4.69, 9.17) is 4.74 Å². The molecular weight excluding hydrogens is 380 g/mol. The molecule has 0 bridgehead atoms. The lowest BCUT2D eigenvalue weighted by molar-refractivity contribution is -0.211. The predicted molar refractivity (Wildman–Crippen MR) is 111 cm³/mol. The number of aliphatic hydroxyl groups excluding tert-OH is 2. The average molecular weight is 419 g/mol. The van der Waals surface area contributed by atoms with Crippen molar-refractivity contribution in [1.82, 2.24) is 0 Å². The number of aliphatic hydroxyl groups is 2. The molecule has 0 spiro atoms. The molecule has 5 fully saturated rings. The Kier molecular flexibility index (Phi) is 4.56. The van der Waals surface area contributed by atoms with E-state index >= 15 is 0 Å². The van der Waals surface area contributed by atoms with Crippen LogP contribution in [0.4, 0.5) is 0 Å². The molecule has 0 amide bonds. The lowest BCUT2D eigenvalue weighted by Gasteiger charge is -2.66. The summed E-state index contributed by atoms with van der Waals surface area (Å²) < 4.78 is 6.00.